The second kappa shape index (κ2) is 44.6. The van der Waals surface area contributed by atoms with E-state index in [4.69, 9.17) is 0 Å². The fraction of sp³-hybridized carbons (Fsp3) is 0.979. The molecule has 0 aromatic carbocycles. The minimum absolute atomic E-state index is 0.134. The number of hydrogen-bond acceptors (Lipinski definition) is 7. The van der Waals surface area contributed by atoms with E-state index in [0.717, 1.165) is 43.6 Å². The minimum Gasteiger partial charge on any atom is -0.388 e. The molecule has 0 saturated heterocycles. The fourth-order valence-corrected chi connectivity index (χ4v) is 10.4. The molecule has 0 aliphatic carbocycles. The van der Waals surface area contributed by atoms with Gasteiger partial charge >= 0.3 is 0 Å². The number of carbonyl (C=O) groups excluding carboxylic acids is 1. The van der Waals surface area contributed by atoms with Crippen LogP contribution in [-0.2, 0) is 4.79 Å². The quantitative estimate of drug-likeness (QED) is 0.0307. The third-order valence-electron chi connectivity index (χ3n) is 11.4. The van der Waals surface area contributed by atoms with Crippen LogP contribution in [0.4, 0.5) is 0 Å². The summed E-state index contributed by atoms with van der Waals surface area (Å²) < 4.78 is -0.274. The van der Waals surface area contributed by atoms with E-state index in [1.807, 2.05) is 0 Å². The Labute approximate surface area is 357 Å². The van der Waals surface area contributed by atoms with Crippen LogP contribution in [0.15, 0.2) is 0 Å². The average Bonchev–Trinajstić information content (AvgIpc) is 3.20. The average molecular weight is 832 g/mol. The first kappa shape index (κ1) is 56.0. The van der Waals surface area contributed by atoms with Crippen molar-refractivity contribution in [2.24, 2.45) is 0 Å². The summed E-state index contributed by atoms with van der Waals surface area (Å²) in [6, 6.07) is 0. The lowest BCUT2D eigenvalue weighted by Crippen LogP contribution is -2.51. The first-order valence-electron chi connectivity index (χ1n) is 24.6. The van der Waals surface area contributed by atoms with Crippen LogP contribution in [0.1, 0.15) is 252 Å². The van der Waals surface area contributed by atoms with Gasteiger partial charge in [-0.25, -0.2) is 0 Å². The van der Waals surface area contributed by atoms with E-state index in [1.165, 1.54) is 193 Å². The van der Waals surface area contributed by atoms with Gasteiger partial charge in [0.05, 0.1) is 10.7 Å². The lowest BCUT2D eigenvalue weighted by molar-refractivity contribution is -0.124. The highest BCUT2D eigenvalue weighted by atomic mass is 32.2. The second-order valence-electron chi connectivity index (χ2n) is 17.0. The van der Waals surface area contributed by atoms with Crippen LogP contribution in [0.3, 0.4) is 0 Å². The van der Waals surface area contributed by atoms with Crippen molar-refractivity contribution < 1.29 is 25.2 Å². The van der Waals surface area contributed by atoms with Gasteiger partial charge in [-0.1, -0.05) is 226 Å². The molecule has 1 amide bonds. The normalized spacial score (nSPS) is 14.0. The van der Waals surface area contributed by atoms with Gasteiger partial charge in [-0.2, -0.15) is 0 Å². The number of thioether (sulfide) groups is 2. The zero-order chi connectivity index (χ0) is 41.2. The molecular formula is C48H97NO5S2. The number of aliphatic hydroxyl groups is 4. The predicted octanol–water partition coefficient (Wildman–Crippen LogP) is 13.4. The van der Waals surface area contributed by atoms with Crippen molar-refractivity contribution in [1.82, 2.24) is 5.32 Å². The summed E-state index contributed by atoms with van der Waals surface area (Å²) in [5, 5.41) is 46.5. The summed E-state index contributed by atoms with van der Waals surface area (Å²) >= 11 is 3.36. The molecule has 5 N–H and O–H groups in total. The molecule has 0 radical (unpaired) electrons. The van der Waals surface area contributed by atoms with E-state index in [1.54, 1.807) is 23.5 Å². The van der Waals surface area contributed by atoms with E-state index in [2.05, 4.69) is 26.1 Å². The van der Waals surface area contributed by atoms with Crippen molar-refractivity contribution in [3.8, 4) is 0 Å². The van der Waals surface area contributed by atoms with Crippen LogP contribution in [0.5, 0.6) is 0 Å². The van der Waals surface area contributed by atoms with Gasteiger partial charge in [-0.05, 0) is 30.8 Å². The van der Waals surface area contributed by atoms with Crippen LogP contribution in [-0.4, -0.2) is 73.4 Å². The third-order valence-corrected chi connectivity index (χ3v) is 14.5. The molecule has 0 unspecified atom stereocenters. The molecule has 4 atom stereocenters. The van der Waals surface area contributed by atoms with E-state index in [-0.39, 0.29) is 17.0 Å². The van der Waals surface area contributed by atoms with Gasteiger partial charge in [-0.15, -0.1) is 23.5 Å². The summed E-state index contributed by atoms with van der Waals surface area (Å²) in [7, 11) is 0. The van der Waals surface area contributed by atoms with E-state index < -0.39 is 24.4 Å². The fourth-order valence-electron chi connectivity index (χ4n) is 7.50. The minimum atomic E-state index is -1.53. The van der Waals surface area contributed by atoms with Crippen molar-refractivity contribution in [3.05, 3.63) is 0 Å². The number of unbranched alkanes of at least 4 members (excludes halogenated alkanes) is 32. The predicted molar refractivity (Wildman–Crippen MR) is 249 cm³/mol. The number of amides is 1. The van der Waals surface area contributed by atoms with Crippen molar-refractivity contribution in [1.29, 1.82) is 0 Å². The number of nitrogens with one attached hydrogen (secondary N) is 1. The van der Waals surface area contributed by atoms with E-state index in [9.17, 15) is 25.2 Å². The Morgan fingerprint density at radius 2 is 0.679 bits per heavy atom. The van der Waals surface area contributed by atoms with Gasteiger partial charge in [0.25, 0.3) is 0 Å². The van der Waals surface area contributed by atoms with Gasteiger partial charge in [0, 0.05) is 13.0 Å². The van der Waals surface area contributed by atoms with Crippen molar-refractivity contribution in [3.63, 3.8) is 0 Å². The van der Waals surface area contributed by atoms with Crippen LogP contribution in [0.2, 0.25) is 0 Å². The molecule has 0 aromatic heterocycles. The molecule has 0 aliphatic rings. The highest BCUT2D eigenvalue weighted by Crippen LogP contribution is 2.32. The maximum absolute atomic E-state index is 12.5. The first-order valence-corrected chi connectivity index (χ1v) is 26.7. The van der Waals surface area contributed by atoms with Gasteiger partial charge < -0.3 is 25.7 Å². The van der Waals surface area contributed by atoms with E-state index >= 15 is 0 Å². The first-order chi connectivity index (χ1) is 27.4. The van der Waals surface area contributed by atoms with Gasteiger partial charge in [0.15, 0.2) is 0 Å². The molecule has 0 bridgehead atoms. The van der Waals surface area contributed by atoms with Gasteiger partial charge in [0.2, 0.25) is 5.91 Å². The van der Waals surface area contributed by atoms with Crippen LogP contribution in [0.25, 0.3) is 0 Å². The molecule has 0 saturated carbocycles. The molecule has 8 heteroatoms. The van der Waals surface area contributed by atoms with Gasteiger partial charge in [-0.3, -0.25) is 4.79 Å². The number of hydrogen-bond donors (Lipinski definition) is 5. The maximum Gasteiger partial charge on any atom is 0.220 e. The molecular weight excluding hydrogens is 735 g/mol. The van der Waals surface area contributed by atoms with Crippen LogP contribution >= 0.6 is 23.5 Å². The largest absolute Gasteiger partial charge is 0.388 e. The Morgan fingerprint density at radius 3 is 1.00 bits per heavy atom. The van der Waals surface area contributed by atoms with Crippen molar-refractivity contribution >= 4 is 29.4 Å². The third kappa shape index (κ3) is 37.0. The second-order valence-corrected chi connectivity index (χ2v) is 19.8. The number of aliphatic hydroxyl groups excluding tert-OH is 4. The molecule has 6 nitrogen and oxygen atoms in total. The Balaban J connectivity index is 4.41. The highest BCUT2D eigenvalue weighted by Gasteiger charge is 2.35. The standard InChI is InChI=1S/C48H97NO5S2/c1-4-7-10-13-16-19-22-23-24-25-26-27-30-33-36-39-44(51)49-42-43(50)45(52)46(53)47(54)48(55-40-37-34-31-28-20-17-14-11-8-5-2)56-41-38-35-32-29-21-18-15-12-9-6-3/h43,45-48,50,52-54H,4-42H2,1-3H3,(H,49,51)/t43-,45+,46+,47-/m1/s1. The highest BCUT2D eigenvalue weighted by molar-refractivity contribution is 8.17. The van der Waals surface area contributed by atoms with E-state index in [0.29, 0.717) is 6.42 Å². The maximum atomic E-state index is 12.5. The Bertz CT molecular complexity index is 767. The van der Waals surface area contributed by atoms with Gasteiger partial charge in [0.1, 0.15) is 18.3 Å². The smallest absolute Gasteiger partial charge is 0.220 e. The molecule has 0 heterocycles. The summed E-state index contributed by atoms with van der Waals surface area (Å²) in [5.74, 6) is 1.67. The van der Waals surface area contributed by atoms with Crippen molar-refractivity contribution in [2.45, 2.75) is 281 Å². The molecule has 336 valence electrons. The lowest BCUT2D eigenvalue weighted by Gasteiger charge is -2.31. The van der Waals surface area contributed by atoms with Crippen LogP contribution < -0.4 is 5.32 Å². The lowest BCUT2D eigenvalue weighted by atomic mass is 10.0. The SMILES string of the molecule is CCCCCCCCCCCCCCCCCC(=O)NC[C@@H](O)[C@H](O)[C@H](O)[C@@H](O)C(SCCCCCCCCCCCC)SCCCCCCCCCCCC. The molecule has 0 rings (SSSR count). The molecule has 0 fully saturated rings. The summed E-state index contributed by atoms with van der Waals surface area (Å²) in [6.07, 6.45) is 39.6. The van der Waals surface area contributed by atoms with Crippen molar-refractivity contribution in [2.75, 3.05) is 18.1 Å². The molecule has 0 aromatic rings. The molecule has 56 heavy (non-hydrogen) atoms. The monoisotopic (exact) mass is 832 g/mol. The Kier molecular flexibility index (Phi) is 44.6. The van der Waals surface area contributed by atoms with Crippen LogP contribution in [0, 0.1) is 0 Å². The Hall–Kier alpha value is 0.01000. The summed E-state index contributed by atoms with van der Waals surface area (Å²) in [4.78, 5) is 12.5. The number of rotatable bonds is 46. The molecule has 0 spiro atoms. The number of carbonyl (C=O) groups is 1. The zero-order valence-corrected chi connectivity index (χ0v) is 39.1. The zero-order valence-electron chi connectivity index (χ0n) is 37.5. The summed E-state index contributed by atoms with van der Waals surface area (Å²) in [5.41, 5.74) is 0. The summed E-state index contributed by atoms with van der Waals surface area (Å²) in [6.45, 7) is 6.65. The topological polar surface area (TPSA) is 110 Å². The molecule has 0 aliphatic heterocycles. The Morgan fingerprint density at radius 1 is 0.393 bits per heavy atom.